The first kappa shape index (κ1) is 22.4. The molecule has 5 nitrogen and oxygen atoms in total. The van der Waals surface area contributed by atoms with Crippen molar-refractivity contribution in [3.63, 3.8) is 0 Å². The van der Waals surface area contributed by atoms with Crippen LogP contribution in [0.25, 0.3) is 0 Å². The summed E-state index contributed by atoms with van der Waals surface area (Å²) in [6.07, 6.45) is 0.750. The van der Waals surface area contributed by atoms with Crippen LogP contribution in [0.5, 0.6) is 11.5 Å². The highest BCUT2D eigenvalue weighted by Gasteiger charge is 2.20. The molecule has 2 N–H and O–H groups in total. The molecule has 0 saturated heterocycles. The Kier molecular flexibility index (Phi) is 7.68. The Bertz CT molecular complexity index is 1020. The summed E-state index contributed by atoms with van der Waals surface area (Å²) in [5, 5.41) is 6.51. The molecule has 0 spiro atoms. The van der Waals surface area contributed by atoms with Crippen molar-refractivity contribution in [3.8, 4) is 11.5 Å². The maximum absolute atomic E-state index is 13.2. The van der Waals surface area contributed by atoms with Crippen molar-refractivity contribution >= 4 is 11.6 Å². The molecule has 3 aromatic rings. The molecule has 3 aromatic carbocycles. The van der Waals surface area contributed by atoms with Crippen molar-refractivity contribution in [1.82, 2.24) is 5.32 Å². The number of carbonyl (C=O) groups is 1. The molecule has 0 radical (unpaired) electrons. The number of rotatable bonds is 9. The lowest BCUT2D eigenvalue weighted by molar-refractivity contribution is -0.118. The van der Waals surface area contributed by atoms with Gasteiger partial charge in [-0.05, 0) is 60.7 Å². The summed E-state index contributed by atoms with van der Waals surface area (Å²) >= 11 is 0. The number of hydrogen-bond acceptors (Lipinski definition) is 4. The molecule has 3 rings (SSSR count). The van der Waals surface area contributed by atoms with E-state index in [4.69, 9.17) is 9.47 Å². The van der Waals surface area contributed by atoms with Gasteiger partial charge < -0.3 is 20.1 Å². The van der Waals surface area contributed by atoms with Gasteiger partial charge in [0.15, 0.2) is 11.5 Å². The van der Waals surface area contributed by atoms with Gasteiger partial charge in [0.05, 0.1) is 14.2 Å². The fourth-order valence-electron chi connectivity index (χ4n) is 3.48. The highest BCUT2D eigenvalue weighted by molar-refractivity contribution is 5.96. The van der Waals surface area contributed by atoms with E-state index in [-0.39, 0.29) is 5.91 Å². The van der Waals surface area contributed by atoms with Crippen LogP contribution in [0.1, 0.15) is 28.3 Å². The van der Waals surface area contributed by atoms with Crippen LogP contribution in [-0.4, -0.2) is 26.7 Å². The first-order valence-electron chi connectivity index (χ1n) is 10.4. The van der Waals surface area contributed by atoms with Gasteiger partial charge in [0.25, 0.3) is 0 Å². The Hall–Kier alpha value is -3.31. The summed E-state index contributed by atoms with van der Waals surface area (Å²) in [4.78, 5) is 13.2. The highest BCUT2D eigenvalue weighted by atomic mass is 16.5. The minimum Gasteiger partial charge on any atom is -0.493 e. The summed E-state index contributed by atoms with van der Waals surface area (Å²) in [6.45, 7) is 4.65. The molecule has 0 heterocycles. The fourth-order valence-corrected chi connectivity index (χ4v) is 3.48. The van der Waals surface area contributed by atoms with E-state index in [9.17, 15) is 4.79 Å². The molecule has 0 aliphatic heterocycles. The van der Waals surface area contributed by atoms with Crippen LogP contribution in [0.2, 0.25) is 0 Å². The van der Waals surface area contributed by atoms with Crippen LogP contribution in [0.3, 0.4) is 0 Å². The normalized spacial score (nSPS) is 11.6. The Balaban J connectivity index is 1.73. The summed E-state index contributed by atoms with van der Waals surface area (Å²) in [6, 6.07) is 21.3. The lowest BCUT2D eigenvalue weighted by atomic mass is 10.0. The van der Waals surface area contributed by atoms with E-state index in [1.807, 2.05) is 80.6 Å². The van der Waals surface area contributed by atoms with E-state index in [0.29, 0.717) is 18.0 Å². The highest BCUT2D eigenvalue weighted by Crippen LogP contribution is 2.27. The largest absolute Gasteiger partial charge is 0.493 e. The third-order valence-corrected chi connectivity index (χ3v) is 5.26. The van der Waals surface area contributed by atoms with Crippen molar-refractivity contribution in [2.75, 3.05) is 26.1 Å². The molecule has 0 aromatic heterocycles. The molecule has 162 valence electrons. The van der Waals surface area contributed by atoms with Gasteiger partial charge in [0.1, 0.15) is 6.04 Å². The Morgan fingerprint density at radius 3 is 2.35 bits per heavy atom. The first-order valence-corrected chi connectivity index (χ1v) is 10.4. The molecule has 0 unspecified atom stereocenters. The zero-order valence-electron chi connectivity index (χ0n) is 18.6. The van der Waals surface area contributed by atoms with Gasteiger partial charge in [-0.3, -0.25) is 4.79 Å². The molecule has 1 amide bonds. The van der Waals surface area contributed by atoms with Gasteiger partial charge >= 0.3 is 0 Å². The van der Waals surface area contributed by atoms with Crippen LogP contribution in [0, 0.1) is 13.8 Å². The molecule has 31 heavy (non-hydrogen) atoms. The second kappa shape index (κ2) is 10.6. The van der Waals surface area contributed by atoms with Gasteiger partial charge in [-0.1, -0.05) is 48.5 Å². The maximum Gasteiger partial charge on any atom is 0.246 e. The van der Waals surface area contributed by atoms with Crippen molar-refractivity contribution < 1.29 is 14.3 Å². The number of carbonyl (C=O) groups excluding carboxylic acids is 1. The molecule has 1 atom stereocenters. The van der Waals surface area contributed by atoms with Gasteiger partial charge in [0, 0.05) is 12.2 Å². The van der Waals surface area contributed by atoms with Gasteiger partial charge in [-0.25, -0.2) is 0 Å². The van der Waals surface area contributed by atoms with Crippen LogP contribution in [0.15, 0.2) is 66.7 Å². The topological polar surface area (TPSA) is 59.6 Å². The summed E-state index contributed by atoms with van der Waals surface area (Å²) in [5.41, 5.74) is 5.02. The van der Waals surface area contributed by atoms with E-state index >= 15 is 0 Å². The average Bonchev–Trinajstić information content (AvgIpc) is 2.79. The lowest BCUT2D eigenvalue weighted by Crippen LogP contribution is -2.34. The Labute approximate surface area is 184 Å². The van der Waals surface area contributed by atoms with Crippen molar-refractivity contribution in [3.05, 3.63) is 89.0 Å². The predicted octanol–water partition coefficient (Wildman–Crippen LogP) is 4.83. The van der Waals surface area contributed by atoms with E-state index in [0.717, 1.165) is 34.4 Å². The minimum absolute atomic E-state index is 0.0767. The summed E-state index contributed by atoms with van der Waals surface area (Å²) < 4.78 is 10.7. The molecule has 0 fully saturated rings. The average molecular weight is 419 g/mol. The number of methoxy groups -OCH3 is 2. The zero-order valence-corrected chi connectivity index (χ0v) is 18.6. The monoisotopic (exact) mass is 418 g/mol. The van der Waals surface area contributed by atoms with Gasteiger partial charge in [-0.15, -0.1) is 0 Å². The number of anilines is 1. The van der Waals surface area contributed by atoms with E-state index in [1.165, 1.54) is 0 Å². The molecule has 5 heteroatoms. The number of benzene rings is 3. The molecular formula is C26H30N2O3. The van der Waals surface area contributed by atoms with Gasteiger partial charge in [0.2, 0.25) is 5.91 Å². The van der Waals surface area contributed by atoms with E-state index in [1.54, 1.807) is 14.2 Å². The molecule has 0 aliphatic rings. The molecule has 0 bridgehead atoms. The van der Waals surface area contributed by atoms with Crippen molar-refractivity contribution in [2.24, 2.45) is 0 Å². The number of amides is 1. The summed E-state index contributed by atoms with van der Waals surface area (Å²) in [5.74, 6) is 1.33. The smallest absolute Gasteiger partial charge is 0.246 e. The van der Waals surface area contributed by atoms with Crippen LogP contribution in [-0.2, 0) is 11.2 Å². The minimum atomic E-state index is -0.457. The third kappa shape index (κ3) is 5.86. The number of ether oxygens (including phenoxy) is 2. The molecular weight excluding hydrogens is 388 g/mol. The van der Waals surface area contributed by atoms with E-state index < -0.39 is 6.04 Å². The van der Waals surface area contributed by atoms with Crippen molar-refractivity contribution in [1.29, 1.82) is 0 Å². The summed E-state index contributed by atoms with van der Waals surface area (Å²) in [7, 11) is 3.25. The Morgan fingerprint density at radius 2 is 1.65 bits per heavy atom. The number of hydrogen-bond donors (Lipinski definition) is 2. The quantitative estimate of drug-likeness (QED) is 0.522. The number of nitrogens with one attached hydrogen (secondary N) is 2. The predicted molar refractivity (Wildman–Crippen MR) is 125 cm³/mol. The second-order valence-electron chi connectivity index (χ2n) is 7.54. The standard InChI is InChI=1S/C26H30N2O3/c1-18-10-11-19(2)22(16-18)28-26(29)25(21-8-6-5-7-9-21)27-15-14-20-12-13-23(30-3)24(17-20)31-4/h5-13,16-17,25,27H,14-15H2,1-4H3,(H,28,29)/t25-/m0/s1. The lowest BCUT2D eigenvalue weighted by Gasteiger charge is -2.20. The fraction of sp³-hybridized carbons (Fsp3) is 0.269. The number of aryl methyl sites for hydroxylation is 2. The molecule has 0 aliphatic carbocycles. The zero-order chi connectivity index (χ0) is 22.2. The van der Waals surface area contributed by atoms with E-state index in [2.05, 4.69) is 10.6 Å². The second-order valence-corrected chi connectivity index (χ2v) is 7.54. The van der Waals surface area contributed by atoms with Crippen LogP contribution < -0.4 is 20.1 Å². The van der Waals surface area contributed by atoms with Crippen LogP contribution >= 0.6 is 0 Å². The Morgan fingerprint density at radius 1 is 0.903 bits per heavy atom. The SMILES string of the molecule is COc1ccc(CCN[C@H](C(=O)Nc2cc(C)ccc2C)c2ccccc2)cc1OC. The first-order chi connectivity index (χ1) is 15.0. The van der Waals surface area contributed by atoms with Gasteiger partial charge in [-0.2, -0.15) is 0 Å². The molecule has 0 saturated carbocycles. The van der Waals surface area contributed by atoms with Crippen molar-refractivity contribution in [2.45, 2.75) is 26.3 Å². The third-order valence-electron chi connectivity index (χ3n) is 5.26. The maximum atomic E-state index is 13.2. The van der Waals surface area contributed by atoms with Crippen LogP contribution in [0.4, 0.5) is 5.69 Å².